The molecule has 9 rings (SSSR count). The largest absolute Gasteiger partial charge is 0.484 e. The monoisotopic (exact) mass is 566 g/mol. The predicted octanol–water partition coefficient (Wildman–Crippen LogP) is 9.87. The molecule has 4 heteroatoms. The maximum Gasteiger partial charge on any atom is 0.160 e. The molecule has 2 aromatic heterocycles. The van der Waals surface area contributed by atoms with Crippen molar-refractivity contribution in [1.29, 1.82) is 0 Å². The smallest absolute Gasteiger partial charge is 0.160 e. The van der Waals surface area contributed by atoms with Gasteiger partial charge in [0.25, 0.3) is 0 Å². The normalized spacial score (nSPS) is 16.9. The zero-order valence-electron chi connectivity index (χ0n) is 23.7. The lowest BCUT2D eigenvalue weighted by Crippen LogP contribution is -2.16. The van der Waals surface area contributed by atoms with E-state index in [0.717, 1.165) is 55.8 Å². The van der Waals surface area contributed by atoms with E-state index in [1.54, 1.807) is 0 Å². The van der Waals surface area contributed by atoms with Crippen molar-refractivity contribution in [1.82, 2.24) is 9.97 Å². The number of ether oxygens (including phenoxy) is 1. The summed E-state index contributed by atoms with van der Waals surface area (Å²) in [5.74, 6) is 1.74. The molecule has 3 heterocycles. The molecule has 0 spiro atoms. The molecule has 4 nitrogen and oxygen atoms in total. The van der Waals surface area contributed by atoms with E-state index in [9.17, 15) is 0 Å². The molecule has 7 aromatic rings. The highest BCUT2D eigenvalue weighted by Gasteiger charge is 2.35. The van der Waals surface area contributed by atoms with Gasteiger partial charge in [0.05, 0.1) is 16.8 Å². The Kier molecular flexibility index (Phi) is 5.60. The van der Waals surface area contributed by atoms with Gasteiger partial charge in [-0.25, -0.2) is 9.97 Å². The number of aromatic nitrogens is 2. The molecule has 0 saturated heterocycles. The molecule has 0 saturated carbocycles. The van der Waals surface area contributed by atoms with E-state index in [2.05, 4.69) is 91.0 Å². The number of allylic oxidation sites excluding steroid dienone is 2. The van der Waals surface area contributed by atoms with Crippen molar-refractivity contribution in [2.24, 2.45) is 0 Å². The van der Waals surface area contributed by atoms with E-state index in [-0.39, 0.29) is 12.0 Å². The van der Waals surface area contributed by atoms with E-state index < -0.39 is 0 Å². The van der Waals surface area contributed by atoms with E-state index in [4.69, 9.17) is 19.1 Å². The number of benzene rings is 5. The Bertz CT molecular complexity index is 2190. The van der Waals surface area contributed by atoms with Crippen molar-refractivity contribution < 1.29 is 9.15 Å². The minimum atomic E-state index is -0.0417. The lowest BCUT2D eigenvalue weighted by atomic mass is 9.86. The van der Waals surface area contributed by atoms with Gasteiger partial charge in [-0.15, -0.1) is 0 Å². The number of hydrogen-bond acceptors (Lipinski definition) is 4. The molecule has 2 unspecified atom stereocenters. The molecule has 0 fully saturated rings. The Morgan fingerprint density at radius 2 is 1.23 bits per heavy atom. The molecule has 2 aliphatic rings. The van der Waals surface area contributed by atoms with Gasteiger partial charge in [0, 0.05) is 33.6 Å². The van der Waals surface area contributed by atoms with Crippen LogP contribution in [0, 0.1) is 0 Å². The summed E-state index contributed by atoms with van der Waals surface area (Å²) in [4.78, 5) is 10.0. The van der Waals surface area contributed by atoms with E-state index in [0.29, 0.717) is 5.82 Å². The van der Waals surface area contributed by atoms with Gasteiger partial charge in [0.15, 0.2) is 5.82 Å². The van der Waals surface area contributed by atoms with Crippen LogP contribution in [0.1, 0.15) is 17.0 Å². The molecule has 1 aliphatic carbocycles. The van der Waals surface area contributed by atoms with Gasteiger partial charge in [-0.3, -0.25) is 0 Å². The van der Waals surface area contributed by atoms with Crippen LogP contribution in [0.25, 0.3) is 61.4 Å². The number of nitrogens with zero attached hydrogens (tertiary/aromatic N) is 2. The molecule has 5 aromatic carbocycles. The molecule has 208 valence electrons. The van der Waals surface area contributed by atoms with Crippen LogP contribution in [0.4, 0.5) is 0 Å². The van der Waals surface area contributed by atoms with Gasteiger partial charge in [0.2, 0.25) is 0 Å². The minimum absolute atomic E-state index is 0.0417. The second kappa shape index (κ2) is 9.92. The van der Waals surface area contributed by atoms with Gasteiger partial charge < -0.3 is 9.15 Å². The van der Waals surface area contributed by atoms with Gasteiger partial charge in [0.1, 0.15) is 23.0 Å². The van der Waals surface area contributed by atoms with Crippen LogP contribution in [0.15, 0.2) is 150 Å². The second-order valence-electron chi connectivity index (χ2n) is 11.3. The molecule has 0 radical (unpaired) electrons. The maximum absolute atomic E-state index is 6.66. The summed E-state index contributed by atoms with van der Waals surface area (Å²) in [7, 11) is 0. The first-order chi connectivity index (χ1) is 21.8. The summed E-state index contributed by atoms with van der Waals surface area (Å²) in [5.41, 5.74) is 10.0. The first-order valence-electron chi connectivity index (χ1n) is 14.9. The first-order valence-corrected chi connectivity index (χ1v) is 14.9. The summed E-state index contributed by atoms with van der Waals surface area (Å²) in [6.07, 6.45) is 6.65. The summed E-state index contributed by atoms with van der Waals surface area (Å²) < 4.78 is 13.0. The van der Waals surface area contributed by atoms with Gasteiger partial charge in [-0.1, -0.05) is 109 Å². The summed E-state index contributed by atoms with van der Waals surface area (Å²) in [6.45, 7) is 0. The van der Waals surface area contributed by atoms with Crippen molar-refractivity contribution in [3.8, 4) is 39.7 Å². The van der Waals surface area contributed by atoms with Crippen molar-refractivity contribution in [3.63, 3.8) is 0 Å². The lowest BCUT2D eigenvalue weighted by molar-refractivity contribution is 0.272. The highest BCUT2D eigenvalue weighted by atomic mass is 16.5. The molecule has 1 aliphatic heterocycles. The van der Waals surface area contributed by atoms with Crippen LogP contribution in [0.3, 0.4) is 0 Å². The molecular weight excluding hydrogens is 540 g/mol. The highest BCUT2D eigenvalue weighted by Crippen LogP contribution is 2.49. The summed E-state index contributed by atoms with van der Waals surface area (Å²) in [6, 6.07) is 43.5. The molecular formula is C40H26N2O2. The number of furan rings is 1. The van der Waals surface area contributed by atoms with Crippen molar-refractivity contribution in [3.05, 3.63) is 157 Å². The Labute approximate surface area is 254 Å². The van der Waals surface area contributed by atoms with E-state index in [1.165, 1.54) is 16.7 Å². The first kappa shape index (κ1) is 24.8. The molecule has 0 N–H and O–H groups in total. The number of rotatable bonds is 4. The third kappa shape index (κ3) is 4.07. The Morgan fingerprint density at radius 3 is 1.98 bits per heavy atom. The fraction of sp³-hybridized carbons (Fsp3) is 0.0500. The maximum atomic E-state index is 6.66. The number of hydrogen-bond donors (Lipinski definition) is 0. The molecule has 44 heavy (non-hydrogen) atoms. The minimum Gasteiger partial charge on any atom is -0.484 e. The fourth-order valence-corrected chi connectivity index (χ4v) is 6.47. The summed E-state index contributed by atoms with van der Waals surface area (Å²) >= 11 is 0. The predicted molar refractivity (Wildman–Crippen MR) is 176 cm³/mol. The Hall–Kier alpha value is -5.74. The van der Waals surface area contributed by atoms with Crippen LogP contribution in [-0.4, -0.2) is 16.1 Å². The second-order valence-corrected chi connectivity index (χ2v) is 11.3. The van der Waals surface area contributed by atoms with Crippen LogP contribution >= 0.6 is 0 Å². The zero-order chi connectivity index (χ0) is 29.0. The van der Waals surface area contributed by atoms with Crippen LogP contribution in [0.2, 0.25) is 0 Å². The topological polar surface area (TPSA) is 48.2 Å². The standard InChI is InChI=1S/C40H26N2O2/c1-4-10-25(11-5-1)28-16-19-35-31(22-28)30-18-21-37-38(39(30)44-35)32-23-29(17-20-36(32)43-37)34-24-33(26-12-6-2-7-13-26)41-40(42-34)27-14-8-3-9-15-27/h1-24,31,35H. The van der Waals surface area contributed by atoms with Crippen molar-refractivity contribution in [2.45, 2.75) is 12.0 Å². The van der Waals surface area contributed by atoms with E-state index >= 15 is 0 Å². The third-order valence-electron chi connectivity index (χ3n) is 8.64. The van der Waals surface area contributed by atoms with Crippen LogP contribution in [-0.2, 0) is 0 Å². The molecule has 0 amide bonds. The summed E-state index contributed by atoms with van der Waals surface area (Å²) in [5, 5.41) is 2.03. The molecule has 0 bridgehead atoms. The van der Waals surface area contributed by atoms with E-state index in [1.807, 2.05) is 54.6 Å². The fourth-order valence-electron chi connectivity index (χ4n) is 6.47. The highest BCUT2D eigenvalue weighted by molar-refractivity contribution is 6.10. The van der Waals surface area contributed by atoms with Crippen LogP contribution < -0.4 is 4.74 Å². The SMILES string of the molecule is C1=CC2Oc3c(ccc4oc5ccc(-c6cc(-c7ccccc7)nc(-c7ccccc7)n6)cc5c34)C2C=C1c1ccccc1. The average Bonchev–Trinajstić information content (AvgIpc) is 3.66. The number of fused-ring (bicyclic) bond motifs is 7. The molecule has 2 atom stereocenters. The Morgan fingerprint density at radius 1 is 0.568 bits per heavy atom. The average molecular weight is 567 g/mol. The van der Waals surface area contributed by atoms with Crippen molar-refractivity contribution >= 4 is 27.5 Å². The Balaban J connectivity index is 1.19. The lowest BCUT2D eigenvalue weighted by Gasteiger charge is -2.18. The van der Waals surface area contributed by atoms with Gasteiger partial charge in [-0.05, 0) is 47.5 Å². The zero-order valence-corrected chi connectivity index (χ0v) is 23.7. The van der Waals surface area contributed by atoms with Gasteiger partial charge >= 0.3 is 0 Å². The van der Waals surface area contributed by atoms with Crippen LogP contribution in [0.5, 0.6) is 5.75 Å². The van der Waals surface area contributed by atoms with Gasteiger partial charge in [-0.2, -0.15) is 0 Å². The van der Waals surface area contributed by atoms with Crippen molar-refractivity contribution in [2.75, 3.05) is 0 Å². The quantitative estimate of drug-likeness (QED) is 0.213. The third-order valence-corrected chi connectivity index (χ3v) is 8.64.